The second-order valence-corrected chi connectivity index (χ2v) is 4.63. The van der Waals surface area contributed by atoms with Gasteiger partial charge in [0.1, 0.15) is 0 Å². The van der Waals surface area contributed by atoms with E-state index in [0.29, 0.717) is 11.3 Å². The number of rotatable bonds is 4. The molecule has 0 unspecified atom stereocenters. The Balaban J connectivity index is 2.96. The molecule has 0 atom stereocenters. The number of carbonyl (C=O) groups is 1. The van der Waals surface area contributed by atoms with Gasteiger partial charge >= 0.3 is 5.97 Å². The van der Waals surface area contributed by atoms with Gasteiger partial charge in [-0.15, -0.1) is 0 Å². The highest BCUT2D eigenvalue weighted by atomic mass is 32.2. The molecular formula is C12H17NO2S. The van der Waals surface area contributed by atoms with Gasteiger partial charge in [-0.3, -0.25) is 0 Å². The molecule has 0 spiro atoms. The van der Waals surface area contributed by atoms with Crippen LogP contribution in [-0.2, 0) is 10.5 Å². The van der Waals surface area contributed by atoms with Gasteiger partial charge in [0.15, 0.2) is 0 Å². The van der Waals surface area contributed by atoms with Crippen molar-refractivity contribution >= 4 is 23.4 Å². The molecular weight excluding hydrogens is 222 g/mol. The van der Waals surface area contributed by atoms with Gasteiger partial charge in [0, 0.05) is 5.75 Å². The van der Waals surface area contributed by atoms with Crippen LogP contribution in [0.3, 0.4) is 0 Å². The van der Waals surface area contributed by atoms with E-state index >= 15 is 0 Å². The van der Waals surface area contributed by atoms with E-state index in [1.165, 1.54) is 0 Å². The van der Waals surface area contributed by atoms with Crippen LogP contribution in [0.4, 0.5) is 5.69 Å². The zero-order valence-electron chi connectivity index (χ0n) is 9.82. The van der Waals surface area contributed by atoms with Crippen molar-refractivity contribution in [3.05, 3.63) is 29.3 Å². The molecule has 4 heteroatoms. The van der Waals surface area contributed by atoms with Gasteiger partial charge in [0.25, 0.3) is 0 Å². The van der Waals surface area contributed by atoms with E-state index in [9.17, 15) is 4.79 Å². The summed E-state index contributed by atoms with van der Waals surface area (Å²) in [5, 5.41) is 0. The minimum Gasteiger partial charge on any atom is -0.459 e. The Hall–Kier alpha value is -1.16. The maximum atomic E-state index is 11.7. The van der Waals surface area contributed by atoms with Crippen LogP contribution in [0.2, 0.25) is 0 Å². The van der Waals surface area contributed by atoms with Gasteiger partial charge in [0.05, 0.1) is 17.4 Å². The molecule has 1 aromatic carbocycles. The normalized spacial score (nSPS) is 10.5. The first kappa shape index (κ1) is 12.9. The molecule has 0 fully saturated rings. The minimum absolute atomic E-state index is 0.129. The molecule has 1 aromatic rings. The molecule has 3 nitrogen and oxygen atoms in total. The first-order valence-corrected chi connectivity index (χ1v) is 6.53. The molecule has 16 heavy (non-hydrogen) atoms. The standard InChI is InChI=1S/C12H17NO2S/c1-8(2)15-12(14)10-6-4-5-9(7-16-3)11(10)13/h4-6,8H,7,13H2,1-3H3. The van der Waals surface area contributed by atoms with Crippen molar-refractivity contribution in [3.8, 4) is 0 Å². The topological polar surface area (TPSA) is 52.3 Å². The number of carbonyl (C=O) groups excluding carboxylic acids is 1. The van der Waals surface area contributed by atoms with E-state index in [-0.39, 0.29) is 12.1 Å². The van der Waals surface area contributed by atoms with Crippen LogP contribution in [-0.4, -0.2) is 18.3 Å². The summed E-state index contributed by atoms with van der Waals surface area (Å²) in [5.74, 6) is 0.449. The first-order chi connectivity index (χ1) is 7.56. The monoisotopic (exact) mass is 239 g/mol. The number of para-hydroxylation sites is 1. The van der Waals surface area contributed by atoms with Crippen molar-refractivity contribution in [2.75, 3.05) is 12.0 Å². The lowest BCUT2D eigenvalue weighted by molar-refractivity contribution is 0.0379. The zero-order valence-corrected chi connectivity index (χ0v) is 10.6. The maximum Gasteiger partial charge on any atom is 0.340 e. The highest BCUT2D eigenvalue weighted by molar-refractivity contribution is 7.97. The highest BCUT2D eigenvalue weighted by Crippen LogP contribution is 2.22. The quantitative estimate of drug-likeness (QED) is 0.648. The summed E-state index contributed by atoms with van der Waals surface area (Å²) in [6, 6.07) is 5.46. The van der Waals surface area contributed by atoms with Crippen LogP contribution >= 0.6 is 11.8 Å². The van der Waals surface area contributed by atoms with Crippen molar-refractivity contribution in [2.24, 2.45) is 0 Å². The van der Waals surface area contributed by atoms with E-state index in [2.05, 4.69) is 0 Å². The molecule has 2 N–H and O–H groups in total. The minimum atomic E-state index is -0.351. The van der Waals surface area contributed by atoms with Crippen LogP contribution in [0.25, 0.3) is 0 Å². The molecule has 0 saturated heterocycles. The van der Waals surface area contributed by atoms with E-state index in [0.717, 1.165) is 11.3 Å². The lowest BCUT2D eigenvalue weighted by Crippen LogP contribution is -2.14. The summed E-state index contributed by atoms with van der Waals surface area (Å²) in [5.41, 5.74) is 7.90. The third kappa shape index (κ3) is 3.17. The third-order valence-corrected chi connectivity index (χ3v) is 2.66. The van der Waals surface area contributed by atoms with Gasteiger partial charge in [-0.1, -0.05) is 12.1 Å². The molecule has 0 radical (unpaired) electrons. The lowest BCUT2D eigenvalue weighted by atomic mass is 10.1. The van der Waals surface area contributed by atoms with Crippen molar-refractivity contribution in [1.82, 2.24) is 0 Å². The van der Waals surface area contributed by atoms with Crippen LogP contribution in [0.15, 0.2) is 18.2 Å². The number of hydrogen-bond donors (Lipinski definition) is 1. The second-order valence-electron chi connectivity index (χ2n) is 3.77. The average Bonchev–Trinajstić information content (AvgIpc) is 2.20. The van der Waals surface area contributed by atoms with E-state index in [1.54, 1.807) is 17.8 Å². The average molecular weight is 239 g/mol. The fourth-order valence-corrected chi connectivity index (χ4v) is 1.91. The third-order valence-electron chi connectivity index (χ3n) is 2.06. The molecule has 0 amide bonds. The molecule has 88 valence electrons. The van der Waals surface area contributed by atoms with Crippen molar-refractivity contribution < 1.29 is 9.53 Å². The Morgan fingerprint density at radius 3 is 2.75 bits per heavy atom. The van der Waals surface area contributed by atoms with Gasteiger partial charge in [0.2, 0.25) is 0 Å². The van der Waals surface area contributed by atoms with Crippen molar-refractivity contribution in [2.45, 2.75) is 25.7 Å². The fourth-order valence-electron chi connectivity index (χ4n) is 1.35. The molecule has 1 rings (SSSR count). The van der Waals surface area contributed by atoms with Gasteiger partial charge in [-0.25, -0.2) is 4.79 Å². The summed E-state index contributed by atoms with van der Waals surface area (Å²) in [7, 11) is 0. The molecule has 0 saturated carbocycles. The highest BCUT2D eigenvalue weighted by Gasteiger charge is 2.14. The predicted molar refractivity (Wildman–Crippen MR) is 68.6 cm³/mol. The Kier molecular flexibility index (Phi) is 4.68. The zero-order chi connectivity index (χ0) is 12.1. The number of anilines is 1. The summed E-state index contributed by atoms with van der Waals surface area (Å²) >= 11 is 1.67. The maximum absolute atomic E-state index is 11.7. The smallest absolute Gasteiger partial charge is 0.340 e. The molecule has 0 aromatic heterocycles. The fraction of sp³-hybridized carbons (Fsp3) is 0.417. The second kappa shape index (κ2) is 5.80. The number of nitrogens with two attached hydrogens (primary N) is 1. The number of thioether (sulfide) groups is 1. The van der Waals surface area contributed by atoms with Crippen molar-refractivity contribution in [1.29, 1.82) is 0 Å². The SMILES string of the molecule is CSCc1cccc(C(=O)OC(C)C)c1N. The number of hydrogen-bond acceptors (Lipinski definition) is 4. The van der Waals surface area contributed by atoms with Gasteiger partial charge < -0.3 is 10.5 Å². The summed E-state index contributed by atoms with van der Waals surface area (Å²) in [4.78, 5) is 11.7. The Morgan fingerprint density at radius 2 is 2.19 bits per heavy atom. The number of ether oxygens (including phenoxy) is 1. The van der Waals surface area contributed by atoms with E-state index in [4.69, 9.17) is 10.5 Å². The molecule has 0 aliphatic rings. The van der Waals surface area contributed by atoms with E-state index in [1.807, 2.05) is 32.2 Å². The first-order valence-electron chi connectivity index (χ1n) is 5.13. The summed E-state index contributed by atoms with van der Waals surface area (Å²) in [6.45, 7) is 3.64. The van der Waals surface area contributed by atoms with Gasteiger partial charge in [-0.2, -0.15) is 11.8 Å². The van der Waals surface area contributed by atoms with E-state index < -0.39 is 0 Å². The molecule has 0 aliphatic carbocycles. The largest absolute Gasteiger partial charge is 0.459 e. The van der Waals surface area contributed by atoms with Crippen LogP contribution in [0, 0.1) is 0 Å². The molecule has 0 heterocycles. The predicted octanol–water partition coefficient (Wildman–Crippen LogP) is 2.70. The van der Waals surface area contributed by atoms with Crippen LogP contribution in [0.5, 0.6) is 0 Å². The number of benzene rings is 1. The summed E-state index contributed by atoms with van der Waals surface area (Å²) in [6.07, 6.45) is 1.87. The number of nitrogen functional groups attached to an aromatic ring is 1. The van der Waals surface area contributed by atoms with Crippen LogP contribution < -0.4 is 5.73 Å². The lowest BCUT2D eigenvalue weighted by Gasteiger charge is -2.11. The van der Waals surface area contributed by atoms with Crippen molar-refractivity contribution in [3.63, 3.8) is 0 Å². The Bertz CT molecular complexity index is 377. The molecule has 0 bridgehead atoms. The summed E-state index contributed by atoms with van der Waals surface area (Å²) < 4.78 is 5.12. The Morgan fingerprint density at radius 1 is 1.50 bits per heavy atom. The molecule has 0 aliphatic heterocycles. The van der Waals surface area contributed by atoms with Crippen LogP contribution in [0.1, 0.15) is 29.8 Å². The Labute approximate surface area is 100 Å². The van der Waals surface area contributed by atoms with Gasteiger partial charge in [-0.05, 0) is 31.7 Å². The number of esters is 1.